The lowest BCUT2D eigenvalue weighted by Crippen LogP contribution is -2.26. The third-order valence-electron chi connectivity index (χ3n) is 3.82. The largest absolute Gasteiger partial charge is 0.399 e. The lowest BCUT2D eigenvalue weighted by Gasteiger charge is -2.28. The number of anilines is 1. The van der Waals surface area contributed by atoms with Crippen molar-refractivity contribution in [2.75, 3.05) is 12.3 Å². The smallest absolute Gasteiger partial charge is 0.115 e. The van der Waals surface area contributed by atoms with E-state index in [0.29, 0.717) is 0 Å². The van der Waals surface area contributed by atoms with Gasteiger partial charge in [-0.2, -0.15) is 0 Å². The summed E-state index contributed by atoms with van der Waals surface area (Å²) in [5.74, 6) is 1.06. The number of rotatable bonds is 4. The second-order valence-electron chi connectivity index (χ2n) is 7.66. The Kier molecular flexibility index (Phi) is 4.02. The van der Waals surface area contributed by atoms with Gasteiger partial charge in [0.15, 0.2) is 0 Å². The molecule has 0 saturated carbocycles. The van der Waals surface area contributed by atoms with Crippen LogP contribution in [0.1, 0.15) is 46.9 Å². The van der Waals surface area contributed by atoms with E-state index in [1.54, 1.807) is 0 Å². The number of aliphatic hydroxyl groups excluding tert-OH is 1. The molecule has 0 amide bonds. The van der Waals surface area contributed by atoms with Gasteiger partial charge in [-0.25, -0.2) is 4.98 Å². The molecule has 0 unspecified atom stereocenters. The van der Waals surface area contributed by atoms with E-state index in [9.17, 15) is 5.11 Å². The highest BCUT2D eigenvalue weighted by Crippen LogP contribution is 2.31. The zero-order valence-electron chi connectivity index (χ0n) is 13.8. The first-order chi connectivity index (χ1) is 9.64. The average Bonchev–Trinajstić information content (AvgIpc) is 2.66. The van der Waals surface area contributed by atoms with Crippen LogP contribution in [0.3, 0.4) is 0 Å². The lowest BCUT2D eigenvalue weighted by atomic mass is 9.88. The van der Waals surface area contributed by atoms with Gasteiger partial charge >= 0.3 is 0 Å². The molecule has 116 valence electrons. The van der Waals surface area contributed by atoms with Crippen LogP contribution in [0.15, 0.2) is 18.2 Å². The Morgan fingerprint density at radius 3 is 2.43 bits per heavy atom. The standard InChI is InChI=1S/C17H27N3O/c1-16(2,3)15-19-13-10-12(18)6-7-14(13)20(15)11-17(4,5)8-9-21/h6-7,10,21H,8-9,11,18H2,1-5H3. The molecule has 1 aromatic carbocycles. The Balaban J connectivity index is 2.58. The molecule has 21 heavy (non-hydrogen) atoms. The number of hydrogen-bond donors (Lipinski definition) is 2. The Morgan fingerprint density at radius 2 is 1.86 bits per heavy atom. The number of benzene rings is 1. The molecule has 2 rings (SSSR count). The third-order valence-corrected chi connectivity index (χ3v) is 3.82. The summed E-state index contributed by atoms with van der Waals surface area (Å²) in [5.41, 5.74) is 8.66. The van der Waals surface area contributed by atoms with Gasteiger partial charge in [-0.1, -0.05) is 34.6 Å². The molecule has 0 bridgehead atoms. The molecule has 2 aromatic rings. The molecule has 0 spiro atoms. The van der Waals surface area contributed by atoms with Crippen molar-refractivity contribution in [3.8, 4) is 0 Å². The van der Waals surface area contributed by atoms with Crippen LogP contribution in [-0.2, 0) is 12.0 Å². The Labute approximate surface area is 127 Å². The van der Waals surface area contributed by atoms with E-state index in [1.165, 1.54) is 0 Å². The lowest BCUT2D eigenvalue weighted by molar-refractivity contribution is 0.191. The maximum atomic E-state index is 9.27. The van der Waals surface area contributed by atoms with Crippen LogP contribution in [0.4, 0.5) is 5.69 Å². The molecule has 4 nitrogen and oxygen atoms in total. The van der Waals surface area contributed by atoms with Crippen LogP contribution in [0.2, 0.25) is 0 Å². The summed E-state index contributed by atoms with van der Waals surface area (Å²) in [5, 5.41) is 9.27. The SMILES string of the molecule is CC(C)(CCO)Cn1c(C(C)(C)C)nc2cc(N)ccc21. The van der Waals surface area contributed by atoms with Crippen molar-refractivity contribution in [1.82, 2.24) is 9.55 Å². The van der Waals surface area contributed by atoms with Crippen molar-refractivity contribution >= 4 is 16.7 Å². The molecule has 0 aliphatic carbocycles. The quantitative estimate of drug-likeness (QED) is 0.849. The summed E-state index contributed by atoms with van der Waals surface area (Å²) in [4.78, 5) is 4.81. The zero-order chi connectivity index (χ0) is 15.8. The van der Waals surface area contributed by atoms with Crippen LogP contribution in [0.5, 0.6) is 0 Å². The van der Waals surface area contributed by atoms with Crippen LogP contribution >= 0.6 is 0 Å². The molecular weight excluding hydrogens is 262 g/mol. The van der Waals surface area contributed by atoms with Gasteiger partial charge < -0.3 is 15.4 Å². The number of nitrogens with zero attached hydrogens (tertiary/aromatic N) is 2. The highest BCUT2D eigenvalue weighted by Gasteiger charge is 2.27. The van der Waals surface area contributed by atoms with Gasteiger partial charge in [0.25, 0.3) is 0 Å². The minimum absolute atomic E-state index is 0.0176. The van der Waals surface area contributed by atoms with Crippen molar-refractivity contribution in [1.29, 1.82) is 0 Å². The van der Waals surface area contributed by atoms with E-state index in [-0.39, 0.29) is 17.4 Å². The van der Waals surface area contributed by atoms with Gasteiger partial charge in [-0.15, -0.1) is 0 Å². The first kappa shape index (κ1) is 15.8. The zero-order valence-corrected chi connectivity index (χ0v) is 13.8. The molecule has 0 radical (unpaired) electrons. The van der Waals surface area contributed by atoms with E-state index < -0.39 is 0 Å². The fourth-order valence-electron chi connectivity index (χ4n) is 2.69. The summed E-state index contributed by atoms with van der Waals surface area (Å²) in [6, 6.07) is 5.90. The fourth-order valence-corrected chi connectivity index (χ4v) is 2.69. The third kappa shape index (κ3) is 3.38. The van der Waals surface area contributed by atoms with Gasteiger partial charge in [0.1, 0.15) is 5.82 Å². The van der Waals surface area contributed by atoms with Crippen molar-refractivity contribution in [3.05, 3.63) is 24.0 Å². The van der Waals surface area contributed by atoms with E-state index in [0.717, 1.165) is 35.5 Å². The summed E-state index contributed by atoms with van der Waals surface area (Å²) in [7, 11) is 0. The number of nitrogen functional groups attached to an aromatic ring is 1. The molecule has 0 aliphatic rings. The molecule has 1 aromatic heterocycles. The first-order valence-electron chi connectivity index (χ1n) is 7.51. The van der Waals surface area contributed by atoms with Crippen LogP contribution < -0.4 is 5.73 Å². The molecule has 0 saturated heterocycles. The van der Waals surface area contributed by atoms with Crippen LogP contribution in [0, 0.1) is 5.41 Å². The summed E-state index contributed by atoms with van der Waals surface area (Å²) >= 11 is 0. The summed E-state index contributed by atoms with van der Waals surface area (Å²) < 4.78 is 2.28. The molecule has 3 N–H and O–H groups in total. The minimum Gasteiger partial charge on any atom is -0.399 e. The topological polar surface area (TPSA) is 64.1 Å². The predicted octanol–water partition coefficient (Wildman–Crippen LogP) is 3.32. The average molecular weight is 289 g/mol. The van der Waals surface area contributed by atoms with E-state index in [1.807, 2.05) is 18.2 Å². The van der Waals surface area contributed by atoms with Crippen molar-refractivity contribution in [3.63, 3.8) is 0 Å². The second-order valence-corrected chi connectivity index (χ2v) is 7.66. The monoisotopic (exact) mass is 289 g/mol. The van der Waals surface area contributed by atoms with Crippen LogP contribution in [0.25, 0.3) is 11.0 Å². The number of fused-ring (bicyclic) bond motifs is 1. The maximum absolute atomic E-state index is 9.27. The van der Waals surface area contributed by atoms with Crippen molar-refractivity contribution < 1.29 is 5.11 Å². The van der Waals surface area contributed by atoms with E-state index in [4.69, 9.17) is 10.7 Å². The van der Waals surface area contributed by atoms with Gasteiger partial charge in [-0.05, 0) is 30.0 Å². The van der Waals surface area contributed by atoms with Gasteiger partial charge in [0.05, 0.1) is 11.0 Å². The second kappa shape index (κ2) is 5.34. The van der Waals surface area contributed by atoms with Gasteiger partial charge in [0.2, 0.25) is 0 Å². The van der Waals surface area contributed by atoms with E-state index in [2.05, 4.69) is 39.2 Å². The Bertz CT molecular complexity index is 635. The molecule has 0 aliphatic heterocycles. The molecule has 4 heteroatoms. The van der Waals surface area contributed by atoms with Crippen LogP contribution in [-0.4, -0.2) is 21.3 Å². The van der Waals surface area contributed by atoms with E-state index >= 15 is 0 Å². The number of nitrogens with two attached hydrogens (primary N) is 1. The van der Waals surface area contributed by atoms with Crippen molar-refractivity contribution in [2.24, 2.45) is 5.41 Å². The number of imidazole rings is 1. The highest BCUT2D eigenvalue weighted by molar-refractivity contribution is 5.80. The van der Waals surface area contributed by atoms with Crippen molar-refractivity contribution in [2.45, 2.75) is 53.0 Å². The van der Waals surface area contributed by atoms with Gasteiger partial charge in [0, 0.05) is 24.3 Å². The summed E-state index contributed by atoms with van der Waals surface area (Å²) in [6.07, 6.45) is 0.769. The Morgan fingerprint density at radius 1 is 1.19 bits per heavy atom. The molecule has 1 heterocycles. The highest BCUT2D eigenvalue weighted by atomic mass is 16.3. The molecule has 0 fully saturated rings. The number of aliphatic hydroxyl groups is 1. The molecule has 0 atom stereocenters. The predicted molar refractivity (Wildman–Crippen MR) is 88.3 cm³/mol. The first-order valence-corrected chi connectivity index (χ1v) is 7.51. The Hall–Kier alpha value is -1.55. The number of aromatic nitrogens is 2. The normalized spacial score (nSPS) is 13.0. The fraction of sp³-hybridized carbons (Fsp3) is 0.588. The number of hydrogen-bond acceptors (Lipinski definition) is 3. The maximum Gasteiger partial charge on any atom is 0.115 e. The summed E-state index contributed by atoms with van der Waals surface area (Å²) in [6.45, 7) is 11.9. The van der Waals surface area contributed by atoms with Gasteiger partial charge in [-0.3, -0.25) is 0 Å². The molecular formula is C17H27N3O. The minimum atomic E-state index is -0.0386.